The molecule has 0 N–H and O–H groups in total. The van der Waals surface area contributed by atoms with Crippen LogP contribution in [-0.4, -0.2) is 0 Å². The predicted octanol–water partition coefficient (Wildman–Crippen LogP) is 13.4. The highest BCUT2D eigenvalue weighted by molar-refractivity contribution is 6.22. The molecule has 5 aliphatic carbocycles. The van der Waals surface area contributed by atoms with Crippen molar-refractivity contribution in [1.82, 2.24) is 0 Å². The first-order chi connectivity index (χ1) is 24.7. The lowest BCUT2D eigenvalue weighted by Gasteiger charge is -2.61. The summed E-state index contributed by atoms with van der Waals surface area (Å²) in [5.74, 6) is 3.45. The van der Waals surface area contributed by atoms with Crippen LogP contribution >= 0.6 is 0 Å². The molecule has 8 aromatic carbocycles. The molecule has 0 amide bonds. The van der Waals surface area contributed by atoms with E-state index < -0.39 is 0 Å². The van der Waals surface area contributed by atoms with Gasteiger partial charge in [-0.1, -0.05) is 121 Å². The van der Waals surface area contributed by atoms with E-state index in [0.29, 0.717) is 0 Å². The molecule has 0 radical (unpaired) electrons. The summed E-state index contributed by atoms with van der Waals surface area (Å²) in [6.45, 7) is 0. The van der Waals surface area contributed by atoms with E-state index in [0.717, 1.165) is 23.7 Å². The monoisotopic (exact) mass is 638 g/mol. The SMILES string of the molecule is c1ccc2c(c1)-c1cc3ccc(-c4c5ccccc5c(-c5ccc6ccccc6c5)c5ccccc45)cc3cc1C21C2CC3CC(C2)CC1C3. The second-order valence-electron chi connectivity index (χ2n) is 16.1. The first-order valence-corrected chi connectivity index (χ1v) is 18.9. The summed E-state index contributed by atoms with van der Waals surface area (Å²) in [5, 5.41) is 10.6. The molecular weight excluding hydrogens is 601 g/mol. The van der Waals surface area contributed by atoms with Crippen LogP contribution in [0.2, 0.25) is 0 Å². The summed E-state index contributed by atoms with van der Waals surface area (Å²) in [4.78, 5) is 0. The highest BCUT2D eigenvalue weighted by atomic mass is 14.6. The van der Waals surface area contributed by atoms with Gasteiger partial charge in [-0.15, -0.1) is 0 Å². The fourth-order valence-electron chi connectivity index (χ4n) is 12.1. The average Bonchev–Trinajstić information content (AvgIpc) is 3.44. The minimum Gasteiger partial charge on any atom is -0.0619 e. The van der Waals surface area contributed by atoms with Crippen LogP contribution in [0.25, 0.3) is 76.5 Å². The van der Waals surface area contributed by atoms with E-state index in [4.69, 9.17) is 0 Å². The van der Waals surface area contributed by atoms with Crippen molar-refractivity contribution in [2.24, 2.45) is 23.7 Å². The third-order valence-corrected chi connectivity index (χ3v) is 13.8. The Balaban J connectivity index is 1.10. The molecule has 0 aromatic heterocycles. The van der Waals surface area contributed by atoms with Crippen LogP contribution in [0.3, 0.4) is 0 Å². The number of rotatable bonds is 2. The zero-order valence-electron chi connectivity index (χ0n) is 28.2. The molecule has 0 heteroatoms. The van der Waals surface area contributed by atoms with Gasteiger partial charge in [-0.2, -0.15) is 0 Å². The Morgan fingerprint density at radius 1 is 0.360 bits per heavy atom. The van der Waals surface area contributed by atoms with Crippen LogP contribution in [0.5, 0.6) is 0 Å². The summed E-state index contributed by atoms with van der Waals surface area (Å²) in [6.07, 6.45) is 7.15. The fourth-order valence-corrected chi connectivity index (χ4v) is 12.1. The Morgan fingerprint density at radius 3 is 1.50 bits per heavy atom. The fraction of sp³-hybridized carbons (Fsp3) is 0.200. The first kappa shape index (κ1) is 27.6. The molecule has 0 saturated heterocycles. The Hall–Kier alpha value is -5.20. The van der Waals surface area contributed by atoms with E-state index in [1.807, 2.05) is 0 Å². The topological polar surface area (TPSA) is 0 Å². The highest BCUT2D eigenvalue weighted by Crippen LogP contribution is 2.69. The Morgan fingerprint density at radius 2 is 0.860 bits per heavy atom. The van der Waals surface area contributed by atoms with E-state index in [1.165, 1.54) is 109 Å². The van der Waals surface area contributed by atoms with Gasteiger partial charge in [0.15, 0.2) is 0 Å². The normalized spacial score (nSPS) is 24.5. The van der Waals surface area contributed by atoms with Crippen molar-refractivity contribution in [2.75, 3.05) is 0 Å². The average molecular weight is 639 g/mol. The Labute approximate surface area is 293 Å². The van der Waals surface area contributed by atoms with E-state index in [2.05, 4.69) is 146 Å². The molecule has 5 aliphatic rings. The Kier molecular flexibility index (Phi) is 5.49. The van der Waals surface area contributed by atoms with E-state index >= 15 is 0 Å². The zero-order valence-corrected chi connectivity index (χ0v) is 28.2. The molecule has 0 nitrogen and oxygen atoms in total. The van der Waals surface area contributed by atoms with Gasteiger partial charge in [0, 0.05) is 5.41 Å². The molecule has 8 aromatic rings. The van der Waals surface area contributed by atoms with Crippen molar-refractivity contribution < 1.29 is 0 Å². The molecule has 13 rings (SSSR count). The quantitative estimate of drug-likeness (QED) is 0.165. The van der Waals surface area contributed by atoms with Gasteiger partial charge in [0.25, 0.3) is 0 Å². The molecule has 50 heavy (non-hydrogen) atoms. The lowest BCUT2D eigenvalue weighted by atomic mass is 9.43. The maximum absolute atomic E-state index is 2.66. The lowest BCUT2D eigenvalue weighted by Crippen LogP contribution is -2.55. The second-order valence-corrected chi connectivity index (χ2v) is 16.1. The van der Waals surface area contributed by atoms with Crippen molar-refractivity contribution in [3.8, 4) is 33.4 Å². The van der Waals surface area contributed by atoms with Gasteiger partial charge < -0.3 is 0 Å². The summed E-state index contributed by atoms with van der Waals surface area (Å²) in [5.41, 5.74) is 11.7. The van der Waals surface area contributed by atoms with Crippen molar-refractivity contribution in [1.29, 1.82) is 0 Å². The van der Waals surface area contributed by atoms with Crippen molar-refractivity contribution in [3.63, 3.8) is 0 Å². The van der Waals surface area contributed by atoms with Gasteiger partial charge in [-0.3, -0.25) is 0 Å². The van der Waals surface area contributed by atoms with Crippen LogP contribution < -0.4 is 0 Å². The third-order valence-electron chi connectivity index (χ3n) is 13.8. The maximum Gasteiger partial charge on any atom is 0.0272 e. The van der Waals surface area contributed by atoms with Gasteiger partial charge in [0.05, 0.1) is 0 Å². The minimum atomic E-state index is 0.185. The van der Waals surface area contributed by atoms with Crippen molar-refractivity contribution in [3.05, 3.63) is 157 Å². The van der Waals surface area contributed by atoms with Gasteiger partial charge >= 0.3 is 0 Å². The molecular formula is C50H38. The maximum atomic E-state index is 2.66. The van der Waals surface area contributed by atoms with Crippen LogP contribution in [0.4, 0.5) is 0 Å². The molecule has 238 valence electrons. The smallest absolute Gasteiger partial charge is 0.0272 e. The zero-order chi connectivity index (χ0) is 32.6. The summed E-state index contributed by atoms with van der Waals surface area (Å²) in [7, 11) is 0. The van der Waals surface area contributed by atoms with Gasteiger partial charge in [-0.25, -0.2) is 0 Å². The molecule has 0 heterocycles. The number of hydrogen-bond acceptors (Lipinski definition) is 0. The first-order valence-electron chi connectivity index (χ1n) is 18.9. The van der Waals surface area contributed by atoms with Crippen LogP contribution in [0, 0.1) is 23.7 Å². The molecule has 4 fully saturated rings. The number of fused-ring (bicyclic) bond motifs is 7. The summed E-state index contributed by atoms with van der Waals surface area (Å²) >= 11 is 0. The minimum absolute atomic E-state index is 0.185. The molecule has 4 saturated carbocycles. The van der Waals surface area contributed by atoms with Crippen LogP contribution in [-0.2, 0) is 5.41 Å². The molecule has 0 unspecified atom stereocenters. The van der Waals surface area contributed by atoms with Gasteiger partial charge in [0.1, 0.15) is 0 Å². The van der Waals surface area contributed by atoms with Crippen molar-refractivity contribution in [2.45, 2.75) is 37.5 Å². The number of benzene rings is 8. The van der Waals surface area contributed by atoms with Gasteiger partial charge in [-0.05, 0) is 168 Å². The largest absolute Gasteiger partial charge is 0.0619 e. The molecule has 4 bridgehead atoms. The standard InChI is InChI=1S/C50H38/c1-2-10-33-26-35(19-17-32(33)9-1)48-41-12-3-5-14-43(41)49(44-15-6-4-13-42(44)48)36-20-18-34-28-45-40-11-7-8-16-46(40)50(47(45)29-37(34)27-36)38-22-30-21-31(24-38)25-39(50)23-30/h1-20,26-31,38-39H,21-25H2. The summed E-state index contributed by atoms with van der Waals surface area (Å²) < 4.78 is 0. The van der Waals surface area contributed by atoms with E-state index in [-0.39, 0.29) is 5.41 Å². The second kappa shape index (κ2) is 9.95. The van der Waals surface area contributed by atoms with Gasteiger partial charge in [0.2, 0.25) is 0 Å². The van der Waals surface area contributed by atoms with Crippen LogP contribution in [0.1, 0.15) is 43.2 Å². The van der Waals surface area contributed by atoms with Crippen molar-refractivity contribution >= 4 is 43.1 Å². The third kappa shape index (κ3) is 3.57. The lowest BCUT2D eigenvalue weighted by molar-refractivity contribution is -0.0399. The van der Waals surface area contributed by atoms with E-state index in [1.54, 1.807) is 11.1 Å². The molecule has 1 spiro atoms. The van der Waals surface area contributed by atoms with E-state index in [9.17, 15) is 0 Å². The highest BCUT2D eigenvalue weighted by Gasteiger charge is 2.61. The van der Waals surface area contributed by atoms with Crippen LogP contribution in [0.15, 0.2) is 146 Å². The predicted molar refractivity (Wildman–Crippen MR) is 211 cm³/mol. The molecule has 0 aliphatic heterocycles. The summed E-state index contributed by atoms with van der Waals surface area (Å²) in [6, 6.07) is 55.9. The Bertz CT molecular complexity index is 2640. The molecule has 0 atom stereocenters. The number of hydrogen-bond donors (Lipinski definition) is 0.